The third-order valence-electron chi connectivity index (χ3n) is 4.16. The monoisotopic (exact) mass is 288 g/mol. The zero-order valence-corrected chi connectivity index (χ0v) is 11.6. The molecule has 21 heavy (non-hydrogen) atoms. The van der Waals surface area contributed by atoms with Gasteiger partial charge in [0.05, 0.1) is 11.1 Å². The predicted octanol–water partition coefficient (Wildman–Crippen LogP) is 1.65. The van der Waals surface area contributed by atoms with Crippen LogP contribution in [0, 0.1) is 0 Å². The fourth-order valence-corrected chi connectivity index (χ4v) is 3.00. The normalized spacial score (nSPS) is 21.9. The highest BCUT2D eigenvalue weighted by molar-refractivity contribution is 6.04. The van der Waals surface area contributed by atoms with Gasteiger partial charge in [-0.25, -0.2) is 9.78 Å². The molecule has 7 nitrogen and oxygen atoms in total. The summed E-state index contributed by atoms with van der Waals surface area (Å²) >= 11 is 0. The van der Waals surface area contributed by atoms with E-state index in [0.29, 0.717) is 35.4 Å². The summed E-state index contributed by atoms with van der Waals surface area (Å²) in [4.78, 5) is 31.8. The van der Waals surface area contributed by atoms with E-state index in [2.05, 4.69) is 9.97 Å². The molecule has 7 heteroatoms. The van der Waals surface area contributed by atoms with E-state index in [1.807, 2.05) is 6.92 Å². The van der Waals surface area contributed by atoms with Gasteiger partial charge >= 0.3 is 6.09 Å². The molecule has 0 aliphatic carbocycles. The Hall–Kier alpha value is -2.57. The molecule has 1 fully saturated rings. The Morgan fingerprint density at radius 2 is 2.24 bits per heavy atom. The van der Waals surface area contributed by atoms with Crippen molar-refractivity contribution in [3.63, 3.8) is 0 Å². The van der Waals surface area contributed by atoms with Gasteiger partial charge in [0.2, 0.25) is 0 Å². The SMILES string of the molecule is CC1(c2nc3c(C(N)=O)cccc3[nH]2)CCCN1C(=O)O. The standard InChI is InChI=1S/C14H16N4O3/c1-14(6-3-7-18(14)13(20)21)12-16-9-5-2-4-8(11(15)19)10(9)17-12/h2,4-5H,3,6-7H2,1H3,(H2,15,19)(H,16,17)(H,20,21). The molecule has 0 spiro atoms. The molecule has 2 aromatic rings. The second kappa shape index (κ2) is 4.47. The van der Waals surface area contributed by atoms with Gasteiger partial charge in [-0.05, 0) is 31.9 Å². The van der Waals surface area contributed by atoms with Gasteiger partial charge in [0, 0.05) is 6.54 Å². The molecular weight excluding hydrogens is 272 g/mol. The minimum atomic E-state index is -0.967. The Bertz CT molecular complexity index is 739. The number of hydrogen-bond donors (Lipinski definition) is 3. The van der Waals surface area contributed by atoms with Crippen molar-refractivity contribution >= 4 is 23.0 Å². The molecule has 110 valence electrons. The van der Waals surface area contributed by atoms with Crippen LogP contribution >= 0.6 is 0 Å². The summed E-state index contributed by atoms with van der Waals surface area (Å²) in [5.41, 5.74) is 6.14. The molecular formula is C14H16N4O3. The topological polar surface area (TPSA) is 112 Å². The van der Waals surface area contributed by atoms with Gasteiger partial charge in [0.15, 0.2) is 0 Å². The van der Waals surface area contributed by atoms with Crippen molar-refractivity contribution in [3.8, 4) is 0 Å². The molecule has 1 aliphatic rings. The fourth-order valence-electron chi connectivity index (χ4n) is 3.00. The summed E-state index contributed by atoms with van der Waals surface area (Å²) in [6, 6.07) is 5.12. The maximum absolute atomic E-state index is 11.5. The summed E-state index contributed by atoms with van der Waals surface area (Å²) < 4.78 is 0. The van der Waals surface area contributed by atoms with E-state index in [1.165, 1.54) is 4.90 Å². The largest absolute Gasteiger partial charge is 0.465 e. The number of primary amides is 1. The first kappa shape index (κ1) is 13.4. The minimum absolute atomic E-state index is 0.332. The molecule has 0 radical (unpaired) electrons. The van der Waals surface area contributed by atoms with Crippen LogP contribution in [0.1, 0.15) is 35.9 Å². The first-order valence-corrected chi connectivity index (χ1v) is 6.73. The van der Waals surface area contributed by atoms with E-state index in [9.17, 15) is 14.7 Å². The maximum Gasteiger partial charge on any atom is 0.408 e. The molecule has 4 N–H and O–H groups in total. The molecule has 0 saturated carbocycles. The number of benzene rings is 1. The fraction of sp³-hybridized carbons (Fsp3) is 0.357. The van der Waals surface area contributed by atoms with E-state index in [1.54, 1.807) is 18.2 Å². The molecule has 0 bridgehead atoms. The highest BCUT2D eigenvalue weighted by Gasteiger charge is 2.43. The lowest BCUT2D eigenvalue weighted by Gasteiger charge is -2.31. The van der Waals surface area contributed by atoms with Crippen LogP contribution in [0.4, 0.5) is 4.79 Å². The number of rotatable bonds is 2. The number of fused-ring (bicyclic) bond motifs is 1. The van der Waals surface area contributed by atoms with Gasteiger partial charge < -0.3 is 15.8 Å². The van der Waals surface area contributed by atoms with Crippen molar-refractivity contribution in [2.45, 2.75) is 25.3 Å². The van der Waals surface area contributed by atoms with Crippen molar-refractivity contribution in [2.24, 2.45) is 5.73 Å². The number of nitrogens with one attached hydrogen (secondary N) is 1. The van der Waals surface area contributed by atoms with Crippen molar-refractivity contribution < 1.29 is 14.7 Å². The van der Waals surface area contributed by atoms with Gasteiger partial charge in [-0.2, -0.15) is 0 Å². The van der Waals surface area contributed by atoms with E-state index in [4.69, 9.17) is 5.73 Å². The molecule has 1 saturated heterocycles. The van der Waals surface area contributed by atoms with Crippen LogP contribution in [0.25, 0.3) is 11.0 Å². The molecule has 2 heterocycles. The summed E-state index contributed by atoms with van der Waals surface area (Å²) in [6.45, 7) is 2.32. The third kappa shape index (κ3) is 1.93. The molecule has 1 aromatic heterocycles. The maximum atomic E-state index is 11.5. The number of aromatic nitrogens is 2. The van der Waals surface area contributed by atoms with E-state index in [0.717, 1.165) is 6.42 Å². The van der Waals surface area contributed by atoms with Crippen LogP contribution in [-0.2, 0) is 5.54 Å². The minimum Gasteiger partial charge on any atom is -0.465 e. The number of aromatic amines is 1. The first-order chi connectivity index (χ1) is 9.93. The Morgan fingerprint density at radius 3 is 2.90 bits per heavy atom. The number of para-hydroxylation sites is 1. The summed E-state index contributed by atoms with van der Waals surface area (Å²) in [5, 5.41) is 9.34. The smallest absolute Gasteiger partial charge is 0.408 e. The zero-order chi connectivity index (χ0) is 15.2. The van der Waals surface area contributed by atoms with Crippen molar-refractivity contribution in [1.82, 2.24) is 14.9 Å². The van der Waals surface area contributed by atoms with Crippen LogP contribution in [-0.4, -0.2) is 38.5 Å². The molecule has 3 rings (SSSR count). The zero-order valence-electron chi connectivity index (χ0n) is 11.6. The Morgan fingerprint density at radius 1 is 1.48 bits per heavy atom. The molecule has 1 aliphatic heterocycles. The van der Waals surface area contributed by atoms with Crippen molar-refractivity contribution in [1.29, 1.82) is 0 Å². The number of amides is 2. The molecule has 1 atom stereocenters. The molecule has 1 aromatic carbocycles. The number of likely N-dealkylation sites (tertiary alicyclic amines) is 1. The highest BCUT2D eigenvalue weighted by Crippen LogP contribution is 2.38. The Labute approximate surface area is 120 Å². The number of hydrogen-bond acceptors (Lipinski definition) is 3. The Kier molecular flexibility index (Phi) is 2.86. The predicted molar refractivity (Wildman–Crippen MR) is 75.9 cm³/mol. The second-order valence-corrected chi connectivity index (χ2v) is 5.46. The molecule has 1 unspecified atom stereocenters. The lowest BCUT2D eigenvalue weighted by Crippen LogP contribution is -2.42. The third-order valence-corrected chi connectivity index (χ3v) is 4.16. The number of nitrogens with two attached hydrogens (primary N) is 1. The van der Waals surface area contributed by atoms with Crippen molar-refractivity contribution in [3.05, 3.63) is 29.6 Å². The highest BCUT2D eigenvalue weighted by atomic mass is 16.4. The second-order valence-electron chi connectivity index (χ2n) is 5.46. The number of H-pyrrole nitrogens is 1. The summed E-state index contributed by atoms with van der Waals surface area (Å²) in [7, 11) is 0. The van der Waals surface area contributed by atoms with Crippen LogP contribution in [0.15, 0.2) is 18.2 Å². The van der Waals surface area contributed by atoms with Gasteiger partial charge in [-0.3, -0.25) is 9.69 Å². The van der Waals surface area contributed by atoms with Crippen LogP contribution in [0.2, 0.25) is 0 Å². The van der Waals surface area contributed by atoms with E-state index < -0.39 is 17.5 Å². The Balaban J connectivity index is 2.15. The van der Waals surface area contributed by atoms with Crippen molar-refractivity contribution in [2.75, 3.05) is 6.54 Å². The lowest BCUT2D eigenvalue weighted by molar-refractivity contribution is 0.0999. The van der Waals surface area contributed by atoms with Gasteiger partial charge in [0.1, 0.15) is 16.9 Å². The van der Waals surface area contributed by atoms with E-state index >= 15 is 0 Å². The first-order valence-electron chi connectivity index (χ1n) is 6.73. The summed E-state index contributed by atoms with van der Waals surface area (Å²) in [6.07, 6.45) is 0.499. The van der Waals surface area contributed by atoms with Gasteiger partial charge in [-0.1, -0.05) is 6.07 Å². The number of carbonyl (C=O) groups is 2. The van der Waals surface area contributed by atoms with Crippen LogP contribution in [0.5, 0.6) is 0 Å². The average Bonchev–Trinajstić information content (AvgIpc) is 3.01. The van der Waals surface area contributed by atoms with Crippen LogP contribution < -0.4 is 5.73 Å². The quantitative estimate of drug-likeness (QED) is 0.779. The summed E-state index contributed by atoms with van der Waals surface area (Å²) in [5.74, 6) is -0.00332. The number of imidazole rings is 1. The lowest BCUT2D eigenvalue weighted by atomic mass is 9.98. The van der Waals surface area contributed by atoms with Gasteiger partial charge in [-0.15, -0.1) is 0 Å². The van der Waals surface area contributed by atoms with E-state index in [-0.39, 0.29) is 0 Å². The number of carboxylic acid groups (broad SMARTS) is 1. The average molecular weight is 288 g/mol. The number of nitrogens with zero attached hydrogens (tertiary/aromatic N) is 2. The molecule has 2 amide bonds. The van der Waals surface area contributed by atoms with Crippen LogP contribution in [0.3, 0.4) is 0 Å². The van der Waals surface area contributed by atoms with Gasteiger partial charge in [0.25, 0.3) is 5.91 Å². The number of carbonyl (C=O) groups excluding carboxylic acids is 1.